The third-order valence-corrected chi connectivity index (χ3v) is 1.95. The molecule has 0 atom stereocenters. The number of hydrogen-bond donors (Lipinski definition) is 3. The molecule has 1 heterocycles. The Morgan fingerprint density at radius 3 is 2.80 bits per heavy atom. The molecule has 0 amide bonds. The third-order valence-electron chi connectivity index (χ3n) is 1.23. The van der Waals surface area contributed by atoms with Gasteiger partial charge in [0.15, 0.2) is 0 Å². The van der Waals surface area contributed by atoms with E-state index in [-0.39, 0.29) is 12.5 Å². The molecule has 0 aliphatic heterocycles. The van der Waals surface area contributed by atoms with Crippen LogP contribution < -0.4 is 10.9 Å². The minimum absolute atomic E-state index is 0.0772. The second-order valence-corrected chi connectivity index (χ2v) is 3.99. The Balaban J connectivity index is 2.32. The molecule has 0 aliphatic rings. The van der Waals surface area contributed by atoms with E-state index in [0.29, 0.717) is 0 Å². The van der Waals surface area contributed by atoms with Crippen molar-refractivity contribution in [3.63, 3.8) is 0 Å². The van der Waals surface area contributed by atoms with Crippen LogP contribution in [0.5, 0.6) is 0 Å². The Morgan fingerprint density at radius 2 is 2.20 bits per heavy atom. The van der Waals surface area contributed by atoms with E-state index in [1.54, 1.807) is 0 Å². The molecule has 8 nitrogen and oxygen atoms in total. The van der Waals surface area contributed by atoms with Crippen molar-refractivity contribution in [3.05, 3.63) is 12.4 Å². The number of nitrogens with one attached hydrogen (secondary N) is 2. The molecule has 0 fully saturated rings. The lowest BCUT2D eigenvalue weighted by Gasteiger charge is -2.04. The van der Waals surface area contributed by atoms with Crippen molar-refractivity contribution in [2.45, 2.75) is 0 Å². The SMILES string of the molecule is O=S(=O)(O)CCNNc1ncnc(F)n1. The molecule has 1 aromatic rings. The van der Waals surface area contributed by atoms with Crippen molar-refractivity contribution in [2.24, 2.45) is 0 Å². The molecule has 0 saturated carbocycles. The molecule has 0 bridgehead atoms. The normalized spacial score (nSPS) is 11.3. The highest BCUT2D eigenvalue weighted by Crippen LogP contribution is 1.92. The van der Waals surface area contributed by atoms with Crippen molar-refractivity contribution >= 4 is 16.1 Å². The van der Waals surface area contributed by atoms with E-state index in [0.717, 1.165) is 6.33 Å². The van der Waals surface area contributed by atoms with Crippen LogP contribution in [0.25, 0.3) is 0 Å². The molecule has 3 N–H and O–H groups in total. The lowest BCUT2D eigenvalue weighted by molar-refractivity contribution is 0.481. The molecule has 15 heavy (non-hydrogen) atoms. The van der Waals surface area contributed by atoms with Gasteiger partial charge in [-0.1, -0.05) is 0 Å². The molecule has 0 aromatic carbocycles. The average molecular weight is 237 g/mol. The number of nitrogens with zero attached hydrogens (tertiary/aromatic N) is 3. The summed E-state index contributed by atoms with van der Waals surface area (Å²) in [4.78, 5) is 9.87. The summed E-state index contributed by atoms with van der Waals surface area (Å²) in [5.41, 5.74) is 4.71. The minimum atomic E-state index is -4.02. The summed E-state index contributed by atoms with van der Waals surface area (Å²) in [7, 11) is -4.02. The first-order valence-corrected chi connectivity index (χ1v) is 5.37. The molecule has 84 valence electrons. The van der Waals surface area contributed by atoms with Crippen molar-refractivity contribution in [1.82, 2.24) is 20.4 Å². The van der Waals surface area contributed by atoms with Crippen LogP contribution in [-0.4, -0.2) is 40.2 Å². The summed E-state index contributed by atoms with van der Waals surface area (Å²) in [6.07, 6.45) is -0.00105. The smallest absolute Gasteiger partial charge is 0.289 e. The lowest BCUT2D eigenvalue weighted by Crippen LogP contribution is -2.28. The van der Waals surface area contributed by atoms with Gasteiger partial charge in [-0.25, -0.2) is 10.4 Å². The topological polar surface area (TPSA) is 117 Å². The standard InChI is InChI=1S/C5H8FN5O3S/c6-4-7-3-8-5(10-4)11-9-1-2-15(12,13)14/h3,9H,1-2H2,(H,12,13,14)(H,7,8,10,11). The number of rotatable bonds is 5. The van der Waals surface area contributed by atoms with Crippen molar-refractivity contribution < 1.29 is 17.4 Å². The highest BCUT2D eigenvalue weighted by Gasteiger charge is 2.03. The summed E-state index contributed by atoms with van der Waals surface area (Å²) in [6, 6.07) is 0. The summed E-state index contributed by atoms with van der Waals surface area (Å²) in [6.45, 7) is -0.0772. The van der Waals surface area contributed by atoms with Gasteiger partial charge < -0.3 is 0 Å². The molecule has 0 aliphatic carbocycles. The Morgan fingerprint density at radius 1 is 1.47 bits per heavy atom. The predicted octanol–water partition coefficient (Wildman–Crippen LogP) is -1.19. The van der Waals surface area contributed by atoms with Crippen LogP contribution in [0, 0.1) is 6.08 Å². The largest absolute Gasteiger partial charge is 0.313 e. The monoisotopic (exact) mass is 237 g/mol. The maximum atomic E-state index is 12.4. The highest BCUT2D eigenvalue weighted by molar-refractivity contribution is 7.85. The van der Waals surface area contributed by atoms with Gasteiger partial charge in [-0.2, -0.15) is 22.8 Å². The number of anilines is 1. The lowest BCUT2D eigenvalue weighted by atomic mass is 10.8. The summed E-state index contributed by atoms with van der Waals surface area (Å²) in [5, 5.41) is 0. The first-order valence-electron chi connectivity index (χ1n) is 3.76. The van der Waals surface area contributed by atoms with Crippen LogP contribution in [0.15, 0.2) is 6.33 Å². The third kappa shape index (κ3) is 5.15. The van der Waals surface area contributed by atoms with Gasteiger partial charge in [0.1, 0.15) is 6.33 Å². The summed E-state index contributed by atoms with van der Waals surface area (Å²) < 4.78 is 41.3. The number of hydrogen-bond acceptors (Lipinski definition) is 7. The van der Waals surface area contributed by atoms with Gasteiger partial charge in [0.2, 0.25) is 5.95 Å². The maximum Gasteiger partial charge on any atom is 0.313 e. The molecule has 10 heteroatoms. The predicted molar refractivity (Wildman–Crippen MR) is 47.8 cm³/mol. The zero-order valence-corrected chi connectivity index (χ0v) is 8.20. The summed E-state index contributed by atoms with van der Waals surface area (Å²) in [5.74, 6) is -0.564. The fourth-order valence-corrected chi connectivity index (χ4v) is 1.02. The van der Waals surface area contributed by atoms with E-state index in [2.05, 4.69) is 25.8 Å². The molecular weight excluding hydrogens is 229 g/mol. The zero-order valence-electron chi connectivity index (χ0n) is 7.38. The van der Waals surface area contributed by atoms with E-state index >= 15 is 0 Å². The van der Waals surface area contributed by atoms with Gasteiger partial charge in [0.05, 0.1) is 5.75 Å². The van der Waals surface area contributed by atoms with Crippen LogP contribution in [0.3, 0.4) is 0 Å². The highest BCUT2D eigenvalue weighted by atomic mass is 32.2. The van der Waals surface area contributed by atoms with E-state index in [4.69, 9.17) is 4.55 Å². The van der Waals surface area contributed by atoms with Crippen molar-refractivity contribution in [1.29, 1.82) is 0 Å². The van der Waals surface area contributed by atoms with Gasteiger partial charge >= 0.3 is 6.08 Å². The van der Waals surface area contributed by atoms with Crippen LogP contribution in [0.4, 0.5) is 10.3 Å². The molecule has 1 rings (SSSR count). The Labute approximate surface area is 84.7 Å². The quantitative estimate of drug-likeness (QED) is 0.332. The fourth-order valence-electron chi connectivity index (χ4n) is 0.658. The van der Waals surface area contributed by atoms with Crippen LogP contribution >= 0.6 is 0 Å². The van der Waals surface area contributed by atoms with E-state index in [9.17, 15) is 12.8 Å². The minimum Gasteiger partial charge on any atom is -0.289 e. The zero-order chi connectivity index (χ0) is 11.3. The first-order chi connectivity index (χ1) is 6.97. The Kier molecular flexibility index (Phi) is 3.82. The Bertz CT molecular complexity index is 424. The maximum absolute atomic E-state index is 12.4. The van der Waals surface area contributed by atoms with Crippen LogP contribution in [-0.2, 0) is 10.1 Å². The van der Waals surface area contributed by atoms with Crippen molar-refractivity contribution in [2.75, 3.05) is 17.7 Å². The average Bonchev–Trinajstić information content (AvgIpc) is 2.11. The molecule has 1 aromatic heterocycles. The Hall–Kier alpha value is -1.39. The number of halogens is 1. The van der Waals surface area contributed by atoms with Gasteiger partial charge in [0.25, 0.3) is 10.1 Å². The molecule has 0 saturated heterocycles. The molecule has 0 spiro atoms. The van der Waals surface area contributed by atoms with E-state index < -0.39 is 21.9 Å². The van der Waals surface area contributed by atoms with E-state index in [1.165, 1.54) is 0 Å². The van der Waals surface area contributed by atoms with Crippen molar-refractivity contribution in [3.8, 4) is 0 Å². The van der Waals surface area contributed by atoms with Gasteiger partial charge in [-0.15, -0.1) is 0 Å². The van der Waals surface area contributed by atoms with Crippen LogP contribution in [0.1, 0.15) is 0 Å². The second-order valence-electron chi connectivity index (χ2n) is 2.42. The molecular formula is C5H8FN5O3S. The van der Waals surface area contributed by atoms with E-state index in [1.807, 2.05) is 0 Å². The van der Waals surface area contributed by atoms with Gasteiger partial charge in [0, 0.05) is 6.54 Å². The number of aromatic nitrogens is 3. The first kappa shape index (κ1) is 11.7. The van der Waals surface area contributed by atoms with Gasteiger partial charge in [-0.05, 0) is 0 Å². The van der Waals surface area contributed by atoms with Gasteiger partial charge in [-0.3, -0.25) is 9.98 Å². The second kappa shape index (κ2) is 4.91. The van der Waals surface area contributed by atoms with Crippen LogP contribution in [0.2, 0.25) is 0 Å². The molecule has 0 unspecified atom stereocenters. The number of hydrazine groups is 1. The summed E-state index contributed by atoms with van der Waals surface area (Å²) >= 11 is 0. The molecule has 0 radical (unpaired) electrons. The fraction of sp³-hybridized carbons (Fsp3) is 0.400.